The highest BCUT2D eigenvalue weighted by Crippen LogP contribution is 2.49. The molecule has 1 spiro atoms. The number of rotatable bonds is 6. The van der Waals surface area contributed by atoms with Crippen LogP contribution in [0.1, 0.15) is 74.5 Å². The number of likely N-dealkylation sites (tertiary alicyclic amines) is 1. The number of piperidine rings is 2. The number of carbonyl (C=O) groups is 2. The average Bonchev–Trinajstić information content (AvgIpc) is 3.34. The molecule has 2 saturated heterocycles. The van der Waals surface area contributed by atoms with E-state index < -0.39 is 6.04 Å². The Morgan fingerprint density at radius 2 is 1.66 bits per heavy atom. The number of aromatic nitrogens is 3. The summed E-state index contributed by atoms with van der Waals surface area (Å²) in [6.45, 7) is 2.02. The molecule has 3 aliphatic rings. The van der Waals surface area contributed by atoms with Crippen molar-refractivity contribution < 1.29 is 14.3 Å². The van der Waals surface area contributed by atoms with Gasteiger partial charge < -0.3 is 15.4 Å². The summed E-state index contributed by atoms with van der Waals surface area (Å²) in [7, 11) is 3.39. The first kappa shape index (κ1) is 32.6. The third-order valence-corrected chi connectivity index (χ3v) is 10.9. The molecule has 3 fully saturated rings. The van der Waals surface area contributed by atoms with E-state index in [0.29, 0.717) is 29.3 Å². The van der Waals surface area contributed by atoms with Crippen LogP contribution < -0.4 is 21.1 Å². The van der Waals surface area contributed by atoms with Crippen LogP contribution in [0.4, 0.5) is 11.5 Å². The molecule has 1 atom stereocenters. The number of imidazole rings is 1. The smallest absolute Gasteiger partial charge is 0.329 e. The molecule has 0 unspecified atom stereocenters. The van der Waals surface area contributed by atoms with Crippen molar-refractivity contribution in [1.82, 2.24) is 19.0 Å². The number of fused-ring (bicyclic) bond motifs is 1. The van der Waals surface area contributed by atoms with E-state index in [2.05, 4.69) is 22.0 Å². The maximum absolute atomic E-state index is 13.8. The molecule has 248 valence electrons. The van der Waals surface area contributed by atoms with Gasteiger partial charge in [0.2, 0.25) is 5.91 Å². The number of nitrogens with two attached hydrogens (primary N) is 1. The predicted octanol–water partition coefficient (Wildman–Crippen LogP) is 5.58. The molecular weight excluding hydrogens is 616 g/mol. The number of nitrogen functional groups attached to an aromatic ring is 1. The topological polar surface area (TPSA) is 116 Å². The number of halogens is 1. The molecule has 1 aliphatic carbocycles. The van der Waals surface area contributed by atoms with Gasteiger partial charge in [-0.2, -0.15) is 0 Å². The lowest BCUT2D eigenvalue weighted by Gasteiger charge is -2.46. The lowest BCUT2D eigenvalue weighted by molar-refractivity contribution is -0.151. The van der Waals surface area contributed by atoms with Crippen molar-refractivity contribution in [2.75, 3.05) is 30.8 Å². The number of hydrogen-bond acceptors (Lipinski definition) is 7. The highest BCUT2D eigenvalue weighted by atomic mass is 35.5. The monoisotopic (exact) mass is 658 g/mol. The SMILES string of the molecule is COc1ccc(CN2C(=O)CC[C@@H](n3c(=O)n(C)c4c(N5CCC6(CCC(c7ccc(N)nc7)CC6)CC5)cccc43)C2=O)cc1.Cl. The lowest BCUT2D eigenvalue weighted by atomic mass is 9.64. The molecule has 2 amide bonds. The Kier molecular flexibility index (Phi) is 9.07. The van der Waals surface area contributed by atoms with E-state index in [0.717, 1.165) is 48.2 Å². The van der Waals surface area contributed by atoms with Crippen molar-refractivity contribution in [2.24, 2.45) is 12.5 Å². The van der Waals surface area contributed by atoms with Crippen LogP contribution in [-0.4, -0.2) is 51.0 Å². The molecular formula is C36H43ClN6O4. The zero-order valence-corrected chi connectivity index (χ0v) is 27.9. The molecule has 0 bridgehead atoms. The molecule has 2 aromatic heterocycles. The summed E-state index contributed by atoms with van der Waals surface area (Å²) in [5, 5.41) is 0. The zero-order valence-electron chi connectivity index (χ0n) is 27.1. The maximum atomic E-state index is 13.8. The number of amides is 2. The quantitative estimate of drug-likeness (QED) is 0.269. The van der Waals surface area contributed by atoms with E-state index in [1.807, 2.05) is 48.7 Å². The lowest BCUT2D eigenvalue weighted by Crippen LogP contribution is -2.47. The van der Waals surface area contributed by atoms with Gasteiger partial charge in [0, 0.05) is 32.8 Å². The van der Waals surface area contributed by atoms with Crippen LogP contribution in [0.3, 0.4) is 0 Å². The second-order valence-corrected chi connectivity index (χ2v) is 13.4. The fourth-order valence-electron chi connectivity index (χ4n) is 8.06. The van der Waals surface area contributed by atoms with Gasteiger partial charge in [-0.05, 0) is 97.7 Å². The summed E-state index contributed by atoms with van der Waals surface area (Å²) >= 11 is 0. The van der Waals surface area contributed by atoms with Crippen LogP contribution in [0, 0.1) is 5.41 Å². The number of pyridine rings is 1. The number of benzene rings is 2. The van der Waals surface area contributed by atoms with Gasteiger partial charge in [0.15, 0.2) is 0 Å². The minimum absolute atomic E-state index is 0. The fourth-order valence-corrected chi connectivity index (χ4v) is 8.06. The Labute approximate surface area is 280 Å². The second-order valence-electron chi connectivity index (χ2n) is 13.4. The second kappa shape index (κ2) is 13.1. The number of ether oxygens (including phenoxy) is 1. The molecule has 4 heterocycles. The third-order valence-electron chi connectivity index (χ3n) is 10.9. The number of methoxy groups -OCH3 is 1. The Morgan fingerprint density at radius 3 is 2.32 bits per heavy atom. The van der Waals surface area contributed by atoms with Crippen molar-refractivity contribution in [3.63, 3.8) is 0 Å². The zero-order chi connectivity index (χ0) is 32.0. The molecule has 7 rings (SSSR count). The molecule has 11 heteroatoms. The summed E-state index contributed by atoms with van der Waals surface area (Å²) < 4.78 is 8.54. The number of para-hydroxylation sites is 1. The molecule has 2 aromatic carbocycles. The largest absolute Gasteiger partial charge is 0.497 e. The van der Waals surface area contributed by atoms with Gasteiger partial charge in [-0.1, -0.05) is 24.3 Å². The van der Waals surface area contributed by atoms with Crippen LogP contribution >= 0.6 is 12.4 Å². The van der Waals surface area contributed by atoms with Crippen molar-refractivity contribution in [3.05, 3.63) is 82.4 Å². The Balaban J connectivity index is 0.00000386. The fraction of sp³-hybridized carbons (Fsp3) is 0.444. The van der Waals surface area contributed by atoms with Crippen LogP contribution in [0.15, 0.2) is 65.6 Å². The first-order valence-corrected chi connectivity index (χ1v) is 16.4. The van der Waals surface area contributed by atoms with Crippen molar-refractivity contribution in [3.8, 4) is 5.75 Å². The summed E-state index contributed by atoms with van der Waals surface area (Å²) in [6.07, 6.45) is 9.46. The summed E-state index contributed by atoms with van der Waals surface area (Å²) in [5.41, 5.74) is 10.7. The van der Waals surface area contributed by atoms with Gasteiger partial charge in [0.25, 0.3) is 5.91 Å². The minimum Gasteiger partial charge on any atom is -0.497 e. The van der Waals surface area contributed by atoms with Gasteiger partial charge in [-0.3, -0.25) is 23.6 Å². The number of hydrogen-bond donors (Lipinski definition) is 1. The molecule has 0 radical (unpaired) electrons. The van der Waals surface area contributed by atoms with Crippen LogP contribution in [0.2, 0.25) is 0 Å². The Bertz CT molecular complexity index is 1820. The molecule has 47 heavy (non-hydrogen) atoms. The highest BCUT2D eigenvalue weighted by molar-refractivity contribution is 6.00. The molecule has 10 nitrogen and oxygen atoms in total. The maximum Gasteiger partial charge on any atom is 0.329 e. The summed E-state index contributed by atoms with van der Waals surface area (Å²) in [4.78, 5) is 48.6. The van der Waals surface area contributed by atoms with E-state index >= 15 is 0 Å². The van der Waals surface area contributed by atoms with E-state index in [4.69, 9.17) is 10.5 Å². The summed E-state index contributed by atoms with van der Waals surface area (Å²) in [5.74, 6) is 1.27. The summed E-state index contributed by atoms with van der Waals surface area (Å²) in [6, 6.07) is 16.6. The highest BCUT2D eigenvalue weighted by Gasteiger charge is 2.40. The number of imide groups is 1. The van der Waals surface area contributed by atoms with Gasteiger partial charge in [0.05, 0.1) is 30.4 Å². The van der Waals surface area contributed by atoms with E-state index in [1.54, 1.807) is 23.3 Å². The molecule has 2 N–H and O–H groups in total. The normalized spacial score (nSPS) is 20.1. The van der Waals surface area contributed by atoms with Crippen LogP contribution in [0.25, 0.3) is 11.0 Å². The average molecular weight is 659 g/mol. The van der Waals surface area contributed by atoms with Gasteiger partial charge in [-0.25, -0.2) is 9.78 Å². The van der Waals surface area contributed by atoms with Gasteiger partial charge in [0.1, 0.15) is 17.6 Å². The van der Waals surface area contributed by atoms with E-state index in [1.165, 1.54) is 36.1 Å². The van der Waals surface area contributed by atoms with Gasteiger partial charge in [-0.15, -0.1) is 12.4 Å². The van der Waals surface area contributed by atoms with Crippen LogP contribution in [0.5, 0.6) is 5.75 Å². The third kappa shape index (κ3) is 5.99. The van der Waals surface area contributed by atoms with Crippen molar-refractivity contribution in [2.45, 2.75) is 69.9 Å². The molecule has 1 saturated carbocycles. The first-order chi connectivity index (χ1) is 22.3. The Hall–Kier alpha value is -4.31. The van der Waals surface area contributed by atoms with Gasteiger partial charge >= 0.3 is 5.69 Å². The van der Waals surface area contributed by atoms with E-state index in [-0.39, 0.29) is 42.9 Å². The molecule has 2 aliphatic heterocycles. The number of aryl methyl sites for hydroxylation is 1. The first-order valence-electron chi connectivity index (χ1n) is 16.4. The number of carbonyl (C=O) groups excluding carboxylic acids is 2. The van der Waals surface area contributed by atoms with Crippen LogP contribution in [-0.2, 0) is 23.2 Å². The molecule has 4 aromatic rings. The predicted molar refractivity (Wildman–Crippen MR) is 185 cm³/mol. The van der Waals surface area contributed by atoms with Crippen molar-refractivity contribution >= 4 is 46.8 Å². The Morgan fingerprint density at radius 1 is 0.936 bits per heavy atom. The minimum atomic E-state index is -0.738. The number of nitrogens with zero attached hydrogens (tertiary/aromatic N) is 5. The van der Waals surface area contributed by atoms with Crippen molar-refractivity contribution in [1.29, 1.82) is 0 Å². The van der Waals surface area contributed by atoms with E-state index in [9.17, 15) is 14.4 Å². The number of anilines is 2. The standard InChI is InChI=1S/C36H42N6O4.ClH/c1-39-33-28(40-20-18-36(19-21-40)16-14-25(15-17-36)26-8-12-31(37)38-22-26)4-3-5-29(33)42(35(39)45)30-11-13-32(43)41(34(30)44)23-24-6-9-27(46-2)10-7-24;/h3-10,12,22,25,30H,11,13-21,23H2,1-2H3,(H2,37,38);1H/t30-;/m1./s1.